The van der Waals surface area contributed by atoms with Crippen LogP contribution in [0.25, 0.3) is 0 Å². The molecule has 0 spiro atoms. The van der Waals surface area contributed by atoms with E-state index in [2.05, 4.69) is 10.3 Å². The van der Waals surface area contributed by atoms with Crippen LogP contribution in [0.4, 0.5) is 13.2 Å². The van der Waals surface area contributed by atoms with Gasteiger partial charge in [-0.1, -0.05) is 6.92 Å². The van der Waals surface area contributed by atoms with Gasteiger partial charge in [-0.25, -0.2) is 18.2 Å². The van der Waals surface area contributed by atoms with E-state index in [0.717, 1.165) is 17.1 Å². The van der Waals surface area contributed by atoms with Gasteiger partial charge in [0.1, 0.15) is 4.88 Å². The van der Waals surface area contributed by atoms with Crippen LogP contribution in [-0.2, 0) is 6.42 Å². The van der Waals surface area contributed by atoms with Crippen molar-refractivity contribution in [2.24, 2.45) is 0 Å². The number of amides is 1. The van der Waals surface area contributed by atoms with Crippen LogP contribution in [0, 0.1) is 17.5 Å². The Kier molecular flexibility index (Phi) is 5.15. The largest absolute Gasteiger partial charge is 0.394 e. The average molecular weight is 330 g/mol. The zero-order valence-electron chi connectivity index (χ0n) is 11.6. The maximum Gasteiger partial charge on any atom is 0.263 e. The van der Waals surface area contributed by atoms with Gasteiger partial charge in [0.25, 0.3) is 5.91 Å². The van der Waals surface area contributed by atoms with E-state index < -0.39 is 36.0 Å². The molecule has 1 unspecified atom stereocenters. The number of nitrogens with one attached hydrogen (secondary N) is 1. The lowest BCUT2D eigenvalue weighted by Crippen LogP contribution is -2.30. The lowest BCUT2D eigenvalue weighted by atomic mass is 10.1. The molecule has 2 N–H and O–H groups in total. The molecule has 2 rings (SSSR count). The fourth-order valence-electron chi connectivity index (χ4n) is 1.82. The molecule has 0 saturated carbocycles. The number of halogens is 3. The molecule has 0 aliphatic carbocycles. The normalized spacial score (nSPS) is 12.2. The van der Waals surface area contributed by atoms with Crippen LogP contribution >= 0.6 is 11.3 Å². The molecule has 0 saturated heterocycles. The molecule has 1 aromatic heterocycles. The van der Waals surface area contributed by atoms with Crippen LogP contribution in [0.5, 0.6) is 0 Å². The molecular formula is C14H13F3N2O2S. The van der Waals surface area contributed by atoms with Gasteiger partial charge in [0, 0.05) is 0 Å². The maximum atomic E-state index is 13.2. The lowest BCUT2D eigenvalue weighted by molar-refractivity contribution is 0.0919. The molecule has 8 heteroatoms. The third-order valence-electron chi connectivity index (χ3n) is 2.98. The summed E-state index contributed by atoms with van der Waals surface area (Å²) in [4.78, 5) is 16.4. The number of rotatable bonds is 5. The van der Waals surface area contributed by atoms with Gasteiger partial charge in [-0.15, -0.1) is 11.3 Å². The quantitative estimate of drug-likeness (QED) is 0.829. The summed E-state index contributed by atoms with van der Waals surface area (Å²) >= 11 is 1.18. The first-order chi connectivity index (χ1) is 10.5. The highest BCUT2D eigenvalue weighted by atomic mass is 32.1. The molecule has 0 bridgehead atoms. The molecule has 0 fully saturated rings. The van der Waals surface area contributed by atoms with Crippen molar-refractivity contribution >= 4 is 17.2 Å². The number of hydrogen-bond acceptors (Lipinski definition) is 4. The van der Waals surface area contributed by atoms with E-state index in [1.165, 1.54) is 17.5 Å². The van der Waals surface area contributed by atoms with Crippen LogP contribution in [0.15, 0.2) is 18.3 Å². The molecule has 1 atom stereocenters. The number of nitrogens with zero attached hydrogens (tertiary/aromatic N) is 1. The van der Waals surface area contributed by atoms with Crippen LogP contribution in [0.3, 0.4) is 0 Å². The van der Waals surface area contributed by atoms with Gasteiger partial charge in [0.2, 0.25) is 0 Å². The molecule has 0 aliphatic heterocycles. The molecular weight excluding hydrogens is 317 g/mol. The minimum Gasteiger partial charge on any atom is -0.394 e. The summed E-state index contributed by atoms with van der Waals surface area (Å²) in [6.45, 7) is 1.30. The van der Waals surface area contributed by atoms with Gasteiger partial charge in [-0.05, 0) is 24.1 Å². The number of aromatic nitrogens is 1. The Balaban J connectivity index is 2.20. The summed E-state index contributed by atoms with van der Waals surface area (Å²) in [5.41, 5.74) is -0.0625. The first kappa shape index (κ1) is 16.4. The number of aliphatic hydroxyl groups is 1. The molecule has 0 aliphatic rings. The standard InChI is InChI=1S/C14H13F3N2O2S/c1-2-12-18-5-11(22-12)14(21)19-10(6-20)7-3-8(15)13(17)9(16)4-7/h3-5,10,20H,2,6H2,1H3,(H,19,21). The summed E-state index contributed by atoms with van der Waals surface area (Å²) in [6.07, 6.45) is 2.06. The third-order valence-corrected chi connectivity index (χ3v) is 4.12. The van der Waals surface area contributed by atoms with E-state index in [0.29, 0.717) is 11.3 Å². The number of aliphatic hydroxyl groups excluding tert-OH is 1. The van der Waals surface area contributed by atoms with E-state index in [1.54, 1.807) is 0 Å². The van der Waals surface area contributed by atoms with Crippen molar-refractivity contribution in [3.63, 3.8) is 0 Å². The van der Waals surface area contributed by atoms with Gasteiger partial charge in [-0.3, -0.25) is 4.79 Å². The van der Waals surface area contributed by atoms with Gasteiger partial charge >= 0.3 is 0 Å². The number of thiazole rings is 1. The Morgan fingerprint density at radius 1 is 1.36 bits per heavy atom. The highest BCUT2D eigenvalue weighted by Crippen LogP contribution is 2.20. The van der Waals surface area contributed by atoms with Crippen LogP contribution in [-0.4, -0.2) is 22.6 Å². The molecule has 118 valence electrons. The summed E-state index contributed by atoms with van der Waals surface area (Å²) < 4.78 is 39.4. The van der Waals surface area contributed by atoms with Gasteiger partial charge in [0.05, 0.1) is 23.9 Å². The van der Waals surface area contributed by atoms with Crippen LogP contribution in [0.2, 0.25) is 0 Å². The highest BCUT2D eigenvalue weighted by Gasteiger charge is 2.20. The molecule has 22 heavy (non-hydrogen) atoms. The van der Waals surface area contributed by atoms with E-state index in [1.807, 2.05) is 6.92 Å². The van der Waals surface area contributed by atoms with E-state index in [9.17, 15) is 23.1 Å². The van der Waals surface area contributed by atoms with Crippen LogP contribution < -0.4 is 5.32 Å². The number of carbonyl (C=O) groups excluding carboxylic acids is 1. The Hall–Kier alpha value is -1.93. The summed E-state index contributed by atoms with van der Waals surface area (Å²) in [6, 6.07) is 0.428. The van der Waals surface area contributed by atoms with Gasteiger partial charge in [-0.2, -0.15) is 0 Å². The first-order valence-corrected chi connectivity index (χ1v) is 7.28. The zero-order chi connectivity index (χ0) is 16.3. The smallest absolute Gasteiger partial charge is 0.263 e. The summed E-state index contributed by atoms with van der Waals surface area (Å²) in [5.74, 6) is -4.88. The minimum atomic E-state index is -1.60. The molecule has 1 amide bonds. The molecule has 0 radical (unpaired) electrons. The summed E-state index contributed by atoms with van der Waals surface area (Å²) in [7, 11) is 0. The number of benzene rings is 1. The predicted molar refractivity (Wildman–Crippen MR) is 75.1 cm³/mol. The molecule has 1 heterocycles. The Labute approximate surface area is 128 Å². The van der Waals surface area contributed by atoms with E-state index in [-0.39, 0.29) is 5.56 Å². The average Bonchev–Trinajstić information content (AvgIpc) is 2.98. The van der Waals surface area contributed by atoms with Crippen molar-refractivity contribution in [1.29, 1.82) is 0 Å². The second-order valence-corrected chi connectivity index (χ2v) is 5.59. The summed E-state index contributed by atoms with van der Waals surface area (Å²) in [5, 5.41) is 12.5. The monoisotopic (exact) mass is 330 g/mol. The predicted octanol–water partition coefficient (Wildman–Crippen LogP) is 2.59. The van der Waals surface area contributed by atoms with Crippen molar-refractivity contribution in [1.82, 2.24) is 10.3 Å². The SMILES string of the molecule is CCc1ncc(C(=O)NC(CO)c2cc(F)c(F)c(F)c2)s1. The van der Waals surface area contributed by atoms with Crippen LogP contribution in [0.1, 0.15) is 33.2 Å². The number of hydrogen-bond donors (Lipinski definition) is 2. The Morgan fingerprint density at radius 2 is 2.00 bits per heavy atom. The minimum absolute atomic E-state index is 0.0625. The second kappa shape index (κ2) is 6.89. The number of carbonyl (C=O) groups is 1. The molecule has 4 nitrogen and oxygen atoms in total. The lowest BCUT2D eigenvalue weighted by Gasteiger charge is -2.16. The topological polar surface area (TPSA) is 62.2 Å². The fourth-order valence-corrected chi connectivity index (χ4v) is 2.58. The maximum absolute atomic E-state index is 13.2. The second-order valence-electron chi connectivity index (χ2n) is 4.48. The zero-order valence-corrected chi connectivity index (χ0v) is 12.4. The van der Waals surface area contributed by atoms with Crippen molar-refractivity contribution in [3.05, 3.63) is 51.2 Å². The Bertz CT molecular complexity index is 667. The highest BCUT2D eigenvalue weighted by molar-refractivity contribution is 7.13. The number of aryl methyl sites for hydroxylation is 1. The van der Waals surface area contributed by atoms with E-state index in [4.69, 9.17) is 0 Å². The van der Waals surface area contributed by atoms with Crippen molar-refractivity contribution in [2.45, 2.75) is 19.4 Å². The molecule has 2 aromatic rings. The third kappa shape index (κ3) is 3.45. The van der Waals surface area contributed by atoms with Gasteiger partial charge in [0.15, 0.2) is 17.5 Å². The first-order valence-electron chi connectivity index (χ1n) is 6.47. The van der Waals surface area contributed by atoms with Crippen molar-refractivity contribution in [3.8, 4) is 0 Å². The van der Waals surface area contributed by atoms with E-state index >= 15 is 0 Å². The van der Waals surface area contributed by atoms with Crippen molar-refractivity contribution < 1.29 is 23.1 Å². The fraction of sp³-hybridized carbons (Fsp3) is 0.286. The Morgan fingerprint density at radius 3 is 2.50 bits per heavy atom. The van der Waals surface area contributed by atoms with Gasteiger partial charge < -0.3 is 10.4 Å². The molecule has 1 aromatic carbocycles. The van der Waals surface area contributed by atoms with Crippen molar-refractivity contribution in [2.75, 3.05) is 6.61 Å².